The molecule has 23 heavy (non-hydrogen) atoms. The average Bonchev–Trinajstić information content (AvgIpc) is 2.34. The number of anilines is 1. The lowest BCUT2D eigenvalue weighted by molar-refractivity contribution is 0.0716. The van der Waals surface area contributed by atoms with E-state index in [-0.39, 0.29) is 34.4 Å². The molecule has 0 bridgehead atoms. The van der Waals surface area contributed by atoms with E-state index in [1.807, 2.05) is 0 Å². The summed E-state index contributed by atoms with van der Waals surface area (Å²) in [6.45, 7) is 10.8. The van der Waals surface area contributed by atoms with Crippen molar-refractivity contribution in [3.63, 3.8) is 0 Å². The molecule has 1 heterocycles. The highest BCUT2D eigenvalue weighted by Gasteiger charge is 2.40. The molecule has 1 saturated carbocycles. The molecule has 2 atom stereocenters. The van der Waals surface area contributed by atoms with Crippen molar-refractivity contribution in [3.8, 4) is 0 Å². The van der Waals surface area contributed by atoms with Crippen molar-refractivity contribution in [1.29, 1.82) is 0 Å². The fourth-order valence-corrected chi connectivity index (χ4v) is 3.97. The van der Waals surface area contributed by atoms with Gasteiger partial charge in [0.15, 0.2) is 0 Å². The highest BCUT2D eigenvalue weighted by atomic mass is 16.2. The van der Waals surface area contributed by atoms with Gasteiger partial charge in [0.05, 0.1) is 0 Å². The van der Waals surface area contributed by atoms with Crippen molar-refractivity contribution in [2.45, 2.75) is 66.3 Å². The summed E-state index contributed by atoms with van der Waals surface area (Å²) in [5.41, 5.74) is 0.749. The molecule has 2 amide bonds. The first-order chi connectivity index (χ1) is 10.6. The molecule has 2 unspecified atom stereocenters. The van der Waals surface area contributed by atoms with Gasteiger partial charge in [-0.2, -0.15) is 4.98 Å². The van der Waals surface area contributed by atoms with Crippen molar-refractivity contribution in [3.05, 3.63) is 22.1 Å². The molecule has 1 aromatic rings. The topological polar surface area (TPSA) is 86.9 Å². The van der Waals surface area contributed by atoms with Crippen molar-refractivity contribution in [2.75, 3.05) is 5.32 Å². The molecule has 2 rings (SSSR count). The van der Waals surface area contributed by atoms with Gasteiger partial charge in [-0.3, -0.25) is 10.1 Å². The van der Waals surface area contributed by atoms with Crippen LogP contribution < -0.4 is 16.2 Å². The number of aryl methyl sites for hydroxylation is 1. The standard InChI is InChI=1S/C17H28N4O2/c1-6-17(5)9-12(8-16(3,4)10-17)19-15(23)21-14-18-11(2)7-13(22)20-14/h7,12H,6,8-10H2,1-5H3,(H3,18,19,20,21,22,23). The zero-order valence-corrected chi connectivity index (χ0v) is 14.7. The van der Waals surface area contributed by atoms with E-state index in [0.717, 1.165) is 19.3 Å². The normalized spacial score (nSPS) is 26.6. The number of aromatic nitrogens is 2. The smallest absolute Gasteiger partial charge is 0.321 e. The molecule has 0 radical (unpaired) electrons. The van der Waals surface area contributed by atoms with Gasteiger partial charge < -0.3 is 10.3 Å². The number of amides is 2. The van der Waals surface area contributed by atoms with Gasteiger partial charge >= 0.3 is 6.03 Å². The molecule has 6 nitrogen and oxygen atoms in total. The van der Waals surface area contributed by atoms with Gasteiger partial charge in [-0.25, -0.2) is 4.79 Å². The van der Waals surface area contributed by atoms with Crippen LogP contribution in [0.3, 0.4) is 0 Å². The number of carbonyl (C=O) groups is 1. The predicted octanol–water partition coefficient (Wildman–Crippen LogP) is 3.19. The van der Waals surface area contributed by atoms with Gasteiger partial charge in [0.25, 0.3) is 5.56 Å². The molecule has 6 heteroatoms. The second-order valence-electron chi connectivity index (χ2n) is 7.96. The van der Waals surface area contributed by atoms with Gasteiger partial charge in [0.2, 0.25) is 5.95 Å². The molecular weight excluding hydrogens is 292 g/mol. The maximum atomic E-state index is 12.2. The van der Waals surface area contributed by atoms with Crippen LogP contribution in [0.15, 0.2) is 10.9 Å². The Morgan fingerprint density at radius 2 is 2.09 bits per heavy atom. The van der Waals surface area contributed by atoms with Crippen molar-refractivity contribution in [1.82, 2.24) is 15.3 Å². The van der Waals surface area contributed by atoms with E-state index in [2.05, 4.69) is 48.3 Å². The summed E-state index contributed by atoms with van der Waals surface area (Å²) in [5, 5.41) is 5.67. The molecule has 1 fully saturated rings. The Kier molecular flexibility index (Phi) is 4.82. The number of aromatic amines is 1. The lowest BCUT2D eigenvalue weighted by Gasteiger charge is -2.46. The summed E-state index contributed by atoms with van der Waals surface area (Å²) >= 11 is 0. The Hall–Kier alpha value is -1.85. The number of hydrogen-bond donors (Lipinski definition) is 3. The Morgan fingerprint density at radius 3 is 2.70 bits per heavy atom. The first-order valence-electron chi connectivity index (χ1n) is 8.26. The number of rotatable bonds is 3. The summed E-state index contributed by atoms with van der Waals surface area (Å²) in [5.74, 6) is 0.181. The third-order valence-electron chi connectivity index (χ3n) is 4.74. The quantitative estimate of drug-likeness (QED) is 0.799. The van der Waals surface area contributed by atoms with E-state index < -0.39 is 0 Å². The van der Waals surface area contributed by atoms with E-state index in [4.69, 9.17) is 0 Å². The Labute approximate surface area is 137 Å². The maximum absolute atomic E-state index is 12.2. The number of nitrogens with one attached hydrogen (secondary N) is 3. The maximum Gasteiger partial charge on any atom is 0.321 e. The molecule has 0 aromatic carbocycles. The van der Waals surface area contributed by atoms with Crippen LogP contribution in [-0.4, -0.2) is 22.0 Å². The number of urea groups is 1. The monoisotopic (exact) mass is 320 g/mol. The Morgan fingerprint density at radius 1 is 1.39 bits per heavy atom. The van der Waals surface area contributed by atoms with E-state index in [0.29, 0.717) is 5.69 Å². The minimum atomic E-state index is -0.367. The molecule has 0 aliphatic heterocycles. The van der Waals surface area contributed by atoms with Crippen molar-refractivity contribution in [2.24, 2.45) is 10.8 Å². The molecule has 3 N–H and O–H groups in total. The van der Waals surface area contributed by atoms with Crippen LogP contribution in [0.4, 0.5) is 10.7 Å². The summed E-state index contributed by atoms with van der Waals surface area (Å²) in [6, 6.07) is 1.19. The number of nitrogens with zero attached hydrogens (tertiary/aromatic N) is 1. The fraction of sp³-hybridized carbons (Fsp3) is 0.706. The minimum Gasteiger partial charge on any atom is -0.335 e. The molecule has 0 saturated heterocycles. The SMILES string of the molecule is CCC1(C)CC(NC(=O)Nc2nc(=O)cc(C)[nH]2)CC(C)(C)C1. The van der Waals surface area contributed by atoms with E-state index >= 15 is 0 Å². The number of carbonyl (C=O) groups excluding carboxylic acids is 1. The van der Waals surface area contributed by atoms with Gasteiger partial charge in [-0.05, 0) is 37.0 Å². The van der Waals surface area contributed by atoms with Gasteiger partial charge in [-0.15, -0.1) is 0 Å². The third kappa shape index (κ3) is 4.81. The summed E-state index contributed by atoms with van der Waals surface area (Å²) in [4.78, 5) is 30.3. The van der Waals surface area contributed by atoms with Crippen LogP contribution in [0, 0.1) is 17.8 Å². The lowest BCUT2D eigenvalue weighted by Crippen LogP contribution is -2.48. The molecule has 1 aliphatic carbocycles. The second kappa shape index (κ2) is 6.34. The number of H-pyrrole nitrogens is 1. The third-order valence-corrected chi connectivity index (χ3v) is 4.74. The number of hydrogen-bond acceptors (Lipinski definition) is 3. The van der Waals surface area contributed by atoms with Crippen LogP contribution in [0.25, 0.3) is 0 Å². The minimum absolute atomic E-state index is 0.125. The predicted molar refractivity (Wildman–Crippen MR) is 91.6 cm³/mol. The van der Waals surface area contributed by atoms with Crippen LogP contribution >= 0.6 is 0 Å². The summed E-state index contributed by atoms with van der Waals surface area (Å²) in [7, 11) is 0. The molecule has 1 aliphatic rings. The fourth-order valence-electron chi connectivity index (χ4n) is 3.97. The van der Waals surface area contributed by atoms with Crippen molar-refractivity contribution >= 4 is 12.0 Å². The van der Waals surface area contributed by atoms with Crippen molar-refractivity contribution < 1.29 is 4.79 Å². The zero-order chi connectivity index (χ0) is 17.3. The van der Waals surface area contributed by atoms with Crippen LogP contribution in [0.2, 0.25) is 0 Å². The van der Waals surface area contributed by atoms with Gasteiger partial charge in [0, 0.05) is 17.8 Å². The average molecular weight is 320 g/mol. The van der Waals surface area contributed by atoms with E-state index in [9.17, 15) is 9.59 Å². The van der Waals surface area contributed by atoms with E-state index in [1.54, 1.807) is 6.92 Å². The summed E-state index contributed by atoms with van der Waals surface area (Å²) < 4.78 is 0. The molecular formula is C17H28N4O2. The second-order valence-corrected chi connectivity index (χ2v) is 7.96. The Bertz CT molecular complexity index is 638. The highest BCUT2D eigenvalue weighted by Crippen LogP contribution is 2.47. The first-order valence-corrected chi connectivity index (χ1v) is 8.26. The first kappa shape index (κ1) is 17.5. The van der Waals surface area contributed by atoms with Crippen LogP contribution in [0.5, 0.6) is 0 Å². The van der Waals surface area contributed by atoms with Gasteiger partial charge in [0.1, 0.15) is 0 Å². The van der Waals surface area contributed by atoms with E-state index in [1.165, 1.54) is 12.5 Å². The van der Waals surface area contributed by atoms with Crippen LogP contribution in [-0.2, 0) is 0 Å². The highest BCUT2D eigenvalue weighted by molar-refractivity contribution is 5.87. The Balaban J connectivity index is 2.03. The molecule has 128 valence electrons. The van der Waals surface area contributed by atoms with Gasteiger partial charge in [-0.1, -0.05) is 34.1 Å². The largest absolute Gasteiger partial charge is 0.335 e. The summed E-state index contributed by atoms with van der Waals surface area (Å²) in [6.07, 6.45) is 4.19. The lowest BCUT2D eigenvalue weighted by atomic mass is 9.62. The zero-order valence-electron chi connectivity index (χ0n) is 14.7. The van der Waals surface area contributed by atoms with Crippen LogP contribution in [0.1, 0.15) is 59.1 Å². The molecule has 1 aromatic heterocycles. The molecule has 0 spiro atoms.